The van der Waals surface area contributed by atoms with E-state index in [1.54, 1.807) is 0 Å². The highest BCUT2D eigenvalue weighted by atomic mass is 16.5. The third kappa shape index (κ3) is 1.99. The first-order valence-electron chi connectivity index (χ1n) is 7.83. The number of nitrogens with zero attached hydrogens (tertiary/aromatic N) is 1. The summed E-state index contributed by atoms with van der Waals surface area (Å²) in [6, 6.07) is 6.79. The Balaban J connectivity index is 1.50. The van der Waals surface area contributed by atoms with E-state index < -0.39 is 0 Å². The predicted molar refractivity (Wildman–Crippen MR) is 81.6 cm³/mol. The quantitative estimate of drug-likeness (QED) is 0.850. The van der Waals surface area contributed by atoms with Crippen LogP contribution in [0.25, 0.3) is 0 Å². The predicted octanol–water partition coefficient (Wildman–Crippen LogP) is 2.59. The number of piperidine rings is 1. The molecule has 3 nitrogen and oxygen atoms in total. The molecule has 0 atom stereocenters. The molecular formula is C17H24N2O. The summed E-state index contributed by atoms with van der Waals surface area (Å²) in [5.74, 6) is 1.10. The third-order valence-electron chi connectivity index (χ3n) is 5.24. The minimum Gasteiger partial charge on any atom is -0.487 e. The summed E-state index contributed by atoms with van der Waals surface area (Å²) in [6.45, 7) is 9.15. The van der Waals surface area contributed by atoms with E-state index >= 15 is 0 Å². The van der Waals surface area contributed by atoms with Gasteiger partial charge in [-0.05, 0) is 43.7 Å². The SMILES string of the molecule is CC1(C)Cc2ccc(N3CCC4(CC3)CNC4)cc2O1. The lowest BCUT2D eigenvalue weighted by molar-refractivity contribution is 0.126. The average molecular weight is 272 g/mol. The minimum atomic E-state index is -0.0372. The van der Waals surface area contributed by atoms with Crippen LogP contribution in [0.4, 0.5) is 5.69 Å². The van der Waals surface area contributed by atoms with Crippen molar-refractivity contribution in [3.8, 4) is 5.75 Å². The Kier molecular flexibility index (Phi) is 2.59. The molecule has 0 unspecified atom stereocenters. The molecule has 1 spiro atoms. The fourth-order valence-electron chi connectivity index (χ4n) is 3.84. The first-order chi connectivity index (χ1) is 9.55. The molecule has 0 radical (unpaired) electrons. The number of benzene rings is 1. The number of fused-ring (bicyclic) bond motifs is 1. The summed E-state index contributed by atoms with van der Waals surface area (Å²) in [5.41, 5.74) is 3.27. The maximum atomic E-state index is 6.06. The maximum Gasteiger partial charge on any atom is 0.125 e. The molecule has 0 amide bonds. The molecule has 108 valence electrons. The van der Waals surface area contributed by atoms with E-state index in [0.717, 1.165) is 12.2 Å². The van der Waals surface area contributed by atoms with Gasteiger partial charge in [0.05, 0.1) is 0 Å². The molecule has 4 rings (SSSR count). The van der Waals surface area contributed by atoms with E-state index in [0.29, 0.717) is 5.41 Å². The molecule has 3 aliphatic heterocycles. The summed E-state index contributed by atoms with van der Waals surface area (Å²) in [7, 11) is 0. The standard InChI is InChI=1S/C17H24N2O/c1-16(2)10-13-3-4-14(9-15(13)20-16)19-7-5-17(6-8-19)11-18-12-17/h3-4,9,18H,5-8,10-12H2,1-2H3. The Morgan fingerprint density at radius 3 is 2.55 bits per heavy atom. The summed E-state index contributed by atoms with van der Waals surface area (Å²) < 4.78 is 6.06. The second-order valence-corrected chi connectivity index (χ2v) is 7.42. The van der Waals surface area contributed by atoms with Crippen LogP contribution in [0.3, 0.4) is 0 Å². The molecule has 1 aromatic rings. The zero-order chi connectivity index (χ0) is 13.8. The average Bonchev–Trinajstić information content (AvgIpc) is 2.70. The van der Waals surface area contributed by atoms with Crippen LogP contribution in [0, 0.1) is 5.41 Å². The Morgan fingerprint density at radius 1 is 1.15 bits per heavy atom. The largest absolute Gasteiger partial charge is 0.487 e. The number of hydrogen-bond acceptors (Lipinski definition) is 3. The maximum absolute atomic E-state index is 6.06. The normalized spacial score (nSPS) is 26.0. The second-order valence-electron chi connectivity index (χ2n) is 7.42. The van der Waals surface area contributed by atoms with Crippen LogP contribution >= 0.6 is 0 Å². The van der Waals surface area contributed by atoms with Crippen LogP contribution in [-0.4, -0.2) is 31.8 Å². The van der Waals surface area contributed by atoms with E-state index in [4.69, 9.17) is 4.74 Å². The van der Waals surface area contributed by atoms with Gasteiger partial charge in [0.15, 0.2) is 0 Å². The van der Waals surface area contributed by atoms with Gasteiger partial charge in [0, 0.05) is 44.4 Å². The summed E-state index contributed by atoms with van der Waals surface area (Å²) >= 11 is 0. The number of nitrogens with one attached hydrogen (secondary N) is 1. The van der Waals surface area contributed by atoms with Crippen molar-refractivity contribution in [3.63, 3.8) is 0 Å². The molecular weight excluding hydrogens is 248 g/mol. The van der Waals surface area contributed by atoms with Crippen molar-refractivity contribution in [2.45, 2.75) is 38.7 Å². The molecule has 20 heavy (non-hydrogen) atoms. The van der Waals surface area contributed by atoms with Gasteiger partial charge in [-0.25, -0.2) is 0 Å². The highest BCUT2D eigenvalue weighted by Gasteiger charge is 2.39. The van der Waals surface area contributed by atoms with Crippen LogP contribution in [0.5, 0.6) is 5.75 Å². The van der Waals surface area contributed by atoms with Crippen molar-refractivity contribution in [1.82, 2.24) is 5.32 Å². The van der Waals surface area contributed by atoms with Crippen molar-refractivity contribution in [3.05, 3.63) is 23.8 Å². The minimum absolute atomic E-state index is 0.0372. The van der Waals surface area contributed by atoms with Crippen molar-refractivity contribution < 1.29 is 4.74 Å². The number of ether oxygens (including phenoxy) is 1. The van der Waals surface area contributed by atoms with Crippen molar-refractivity contribution in [2.24, 2.45) is 5.41 Å². The van der Waals surface area contributed by atoms with Crippen LogP contribution in [0.2, 0.25) is 0 Å². The molecule has 2 fully saturated rings. The zero-order valence-electron chi connectivity index (χ0n) is 12.5. The van der Waals surface area contributed by atoms with E-state index in [9.17, 15) is 0 Å². The van der Waals surface area contributed by atoms with Crippen molar-refractivity contribution in [1.29, 1.82) is 0 Å². The summed E-state index contributed by atoms with van der Waals surface area (Å²) in [4.78, 5) is 2.53. The Morgan fingerprint density at radius 2 is 1.90 bits per heavy atom. The first-order valence-corrected chi connectivity index (χ1v) is 7.83. The Bertz CT molecular complexity index is 524. The lowest BCUT2D eigenvalue weighted by atomic mass is 9.73. The zero-order valence-corrected chi connectivity index (χ0v) is 12.5. The molecule has 0 aromatic heterocycles. The van der Waals surface area contributed by atoms with E-state index in [1.165, 1.54) is 50.3 Å². The van der Waals surface area contributed by atoms with Gasteiger partial charge in [0.25, 0.3) is 0 Å². The van der Waals surface area contributed by atoms with Gasteiger partial charge in [0.2, 0.25) is 0 Å². The van der Waals surface area contributed by atoms with Crippen LogP contribution in [0.1, 0.15) is 32.3 Å². The van der Waals surface area contributed by atoms with E-state index in [2.05, 4.69) is 42.3 Å². The molecule has 2 saturated heterocycles. The van der Waals surface area contributed by atoms with Gasteiger partial charge in [-0.15, -0.1) is 0 Å². The molecule has 0 bridgehead atoms. The smallest absolute Gasteiger partial charge is 0.125 e. The monoisotopic (exact) mass is 272 g/mol. The van der Waals surface area contributed by atoms with Crippen LogP contribution in [0.15, 0.2) is 18.2 Å². The Hall–Kier alpha value is -1.22. The van der Waals surface area contributed by atoms with Crippen LogP contribution < -0.4 is 15.0 Å². The van der Waals surface area contributed by atoms with E-state index in [1.807, 2.05) is 0 Å². The number of rotatable bonds is 1. The molecule has 1 N–H and O–H groups in total. The van der Waals surface area contributed by atoms with Crippen molar-refractivity contribution in [2.75, 3.05) is 31.1 Å². The molecule has 1 aromatic carbocycles. The third-order valence-corrected chi connectivity index (χ3v) is 5.24. The molecule has 0 aliphatic carbocycles. The lowest BCUT2D eigenvalue weighted by Gasteiger charge is -2.49. The fraction of sp³-hybridized carbons (Fsp3) is 0.647. The molecule has 3 heterocycles. The number of anilines is 1. The molecule has 0 saturated carbocycles. The fourth-order valence-corrected chi connectivity index (χ4v) is 3.84. The van der Waals surface area contributed by atoms with Crippen molar-refractivity contribution >= 4 is 5.69 Å². The van der Waals surface area contributed by atoms with Crippen LogP contribution in [-0.2, 0) is 6.42 Å². The second kappa shape index (κ2) is 4.14. The summed E-state index contributed by atoms with van der Waals surface area (Å²) in [5, 5.41) is 3.43. The highest BCUT2D eigenvalue weighted by molar-refractivity contribution is 5.56. The van der Waals surface area contributed by atoms with Gasteiger partial charge in [-0.1, -0.05) is 6.07 Å². The lowest BCUT2D eigenvalue weighted by Crippen LogP contribution is -2.58. The summed E-state index contributed by atoms with van der Waals surface area (Å²) in [6.07, 6.45) is 3.67. The van der Waals surface area contributed by atoms with Gasteiger partial charge < -0.3 is 15.0 Å². The first kappa shape index (κ1) is 12.5. The van der Waals surface area contributed by atoms with Gasteiger partial charge in [-0.2, -0.15) is 0 Å². The van der Waals surface area contributed by atoms with E-state index in [-0.39, 0.29) is 5.60 Å². The van der Waals surface area contributed by atoms with Gasteiger partial charge in [-0.3, -0.25) is 0 Å². The molecule has 3 heteroatoms. The number of hydrogen-bond donors (Lipinski definition) is 1. The topological polar surface area (TPSA) is 24.5 Å². The molecule has 3 aliphatic rings. The highest BCUT2D eigenvalue weighted by Crippen LogP contribution is 2.40. The van der Waals surface area contributed by atoms with Gasteiger partial charge in [0.1, 0.15) is 11.4 Å². The van der Waals surface area contributed by atoms with Gasteiger partial charge >= 0.3 is 0 Å². The Labute approximate surface area is 121 Å².